The molecular weight excluding hydrogens is 288 g/mol. The van der Waals surface area contributed by atoms with Crippen molar-refractivity contribution < 1.29 is 4.79 Å². The van der Waals surface area contributed by atoms with E-state index in [9.17, 15) is 4.79 Å². The summed E-state index contributed by atoms with van der Waals surface area (Å²) in [6, 6.07) is 1.66. The maximum Gasteiger partial charge on any atom is 0.163 e. The van der Waals surface area contributed by atoms with Gasteiger partial charge >= 0.3 is 0 Å². The summed E-state index contributed by atoms with van der Waals surface area (Å²) in [6.45, 7) is 1.46. The number of ketones is 1. The molecule has 0 aliphatic carbocycles. The first-order chi connectivity index (χ1) is 5.11. The number of carbonyl (C=O) groups is 1. The summed E-state index contributed by atoms with van der Waals surface area (Å²) < 4.78 is 0.761. The highest BCUT2D eigenvalue weighted by Gasteiger charge is 2.05. The van der Waals surface area contributed by atoms with Gasteiger partial charge in [0.15, 0.2) is 5.78 Å². The van der Waals surface area contributed by atoms with Crippen molar-refractivity contribution in [2.24, 2.45) is 0 Å². The van der Waals surface area contributed by atoms with Gasteiger partial charge in [0.25, 0.3) is 0 Å². The van der Waals surface area contributed by atoms with Gasteiger partial charge in [0.2, 0.25) is 0 Å². The van der Waals surface area contributed by atoms with E-state index in [4.69, 9.17) is 5.73 Å². The van der Waals surface area contributed by atoms with Crippen molar-refractivity contribution >= 4 is 44.5 Å². The summed E-state index contributed by atoms with van der Waals surface area (Å²) in [7, 11) is 0. The van der Waals surface area contributed by atoms with Crippen molar-refractivity contribution in [2.45, 2.75) is 6.92 Å². The lowest BCUT2D eigenvalue weighted by atomic mass is 10.2. The number of rotatable bonds is 1. The monoisotopic (exact) mass is 294 g/mol. The third-order valence-corrected chi connectivity index (χ3v) is 1.70. The molecule has 0 bridgehead atoms. The zero-order chi connectivity index (χ0) is 8.43. The number of aromatic nitrogens is 1. The fourth-order valence-electron chi connectivity index (χ4n) is 0.732. The van der Waals surface area contributed by atoms with Crippen LogP contribution in [0.25, 0.3) is 0 Å². The summed E-state index contributed by atoms with van der Waals surface area (Å²) in [6.07, 6.45) is 1.56. The van der Waals surface area contributed by atoms with E-state index < -0.39 is 0 Å². The van der Waals surface area contributed by atoms with Crippen LogP contribution in [0.5, 0.6) is 0 Å². The molecule has 1 aromatic heterocycles. The van der Waals surface area contributed by atoms with Gasteiger partial charge in [0, 0.05) is 10.7 Å². The number of Topliss-reactive ketones (excluding diaryl/α,β-unsaturated/α-hetero) is 1. The number of hydrogen-bond donors (Lipinski definition) is 1. The first-order valence-corrected chi connectivity index (χ1v) is 3.82. The van der Waals surface area contributed by atoms with Crippen molar-refractivity contribution in [3.05, 3.63) is 22.3 Å². The van der Waals surface area contributed by atoms with Crippen LogP contribution in [0.1, 0.15) is 17.3 Å². The second-order valence-corrected chi connectivity index (χ2v) is 3.06. The first-order valence-electron chi connectivity index (χ1n) is 3.03. The standard InChI is InChI=1S/C7H7BrN2O.BrH/c1-4(11)6-2-5(8)3-10-7(6)9;/h2-3H,1H3,(H2,9,10);1H. The van der Waals surface area contributed by atoms with Crippen molar-refractivity contribution in [1.82, 2.24) is 4.98 Å². The molecule has 0 amide bonds. The SMILES string of the molecule is Br.CC(=O)c1cc(Br)cnc1N. The molecule has 5 heteroatoms. The second-order valence-electron chi connectivity index (χ2n) is 2.14. The quantitative estimate of drug-likeness (QED) is 0.808. The molecule has 0 saturated heterocycles. The number of hydrogen-bond acceptors (Lipinski definition) is 3. The van der Waals surface area contributed by atoms with Crippen LogP contribution < -0.4 is 5.73 Å². The lowest BCUT2D eigenvalue weighted by Gasteiger charge is -1.99. The molecule has 0 spiro atoms. The molecule has 0 saturated carbocycles. The number of pyridine rings is 1. The predicted octanol–water partition coefficient (Wildman–Crippen LogP) is 2.21. The zero-order valence-corrected chi connectivity index (χ0v) is 9.67. The van der Waals surface area contributed by atoms with E-state index in [-0.39, 0.29) is 28.6 Å². The van der Waals surface area contributed by atoms with Crippen LogP contribution in [-0.2, 0) is 0 Å². The third kappa shape index (κ3) is 2.57. The van der Waals surface area contributed by atoms with E-state index in [1.807, 2.05) is 0 Å². The van der Waals surface area contributed by atoms with Crippen LogP contribution >= 0.6 is 32.9 Å². The molecule has 1 aromatic rings. The van der Waals surface area contributed by atoms with E-state index >= 15 is 0 Å². The molecule has 0 aromatic carbocycles. The molecule has 0 radical (unpaired) electrons. The summed E-state index contributed by atoms with van der Waals surface area (Å²) in [5, 5.41) is 0. The summed E-state index contributed by atoms with van der Waals surface area (Å²) in [5.41, 5.74) is 5.90. The van der Waals surface area contributed by atoms with Crippen LogP contribution in [0.4, 0.5) is 5.82 Å². The lowest BCUT2D eigenvalue weighted by molar-refractivity contribution is 0.101. The average molecular weight is 296 g/mol. The molecule has 3 nitrogen and oxygen atoms in total. The molecule has 1 rings (SSSR count). The van der Waals surface area contributed by atoms with Gasteiger partial charge in [-0.15, -0.1) is 17.0 Å². The van der Waals surface area contributed by atoms with Gasteiger partial charge in [-0.25, -0.2) is 4.98 Å². The van der Waals surface area contributed by atoms with Crippen LogP contribution in [0.2, 0.25) is 0 Å². The normalized spacial score (nSPS) is 8.83. The van der Waals surface area contributed by atoms with Gasteiger partial charge in [0.05, 0.1) is 5.56 Å². The Morgan fingerprint density at radius 3 is 2.67 bits per heavy atom. The first kappa shape index (κ1) is 11.6. The summed E-state index contributed by atoms with van der Waals surface area (Å²) >= 11 is 3.19. The van der Waals surface area contributed by atoms with Gasteiger partial charge in [-0.2, -0.15) is 0 Å². The maximum atomic E-state index is 10.9. The average Bonchev–Trinajstić information content (AvgIpc) is 1.94. The Morgan fingerprint density at radius 1 is 1.67 bits per heavy atom. The minimum Gasteiger partial charge on any atom is -0.383 e. The maximum absolute atomic E-state index is 10.9. The molecule has 66 valence electrons. The Labute approximate surface area is 89.3 Å². The Bertz CT molecular complexity index is 301. The van der Waals surface area contributed by atoms with Gasteiger partial charge < -0.3 is 5.73 Å². The van der Waals surface area contributed by atoms with Crippen molar-refractivity contribution in [3.8, 4) is 0 Å². The lowest BCUT2D eigenvalue weighted by Crippen LogP contribution is -2.01. The van der Waals surface area contributed by atoms with Gasteiger partial charge in [0.1, 0.15) is 5.82 Å². The number of nitrogens with two attached hydrogens (primary N) is 1. The van der Waals surface area contributed by atoms with Crippen molar-refractivity contribution in [2.75, 3.05) is 5.73 Å². The van der Waals surface area contributed by atoms with Crippen LogP contribution in [0, 0.1) is 0 Å². The van der Waals surface area contributed by atoms with E-state index in [1.165, 1.54) is 6.92 Å². The highest BCUT2D eigenvalue weighted by Crippen LogP contribution is 2.15. The number of anilines is 1. The minimum absolute atomic E-state index is 0. The topological polar surface area (TPSA) is 56.0 Å². The molecule has 0 aliphatic heterocycles. The molecular formula is C7H8Br2N2O. The van der Waals surface area contributed by atoms with E-state index in [0.717, 1.165) is 4.47 Å². The molecule has 0 aliphatic rings. The Hall–Kier alpha value is -0.420. The molecule has 0 fully saturated rings. The summed E-state index contributed by atoms with van der Waals surface area (Å²) in [5.74, 6) is 0.206. The highest BCUT2D eigenvalue weighted by atomic mass is 79.9. The fraction of sp³-hybridized carbons (Fsp3) is 0.143. The van der Waals surface area contributed by atoms with Gasteiger partial charge in [-0.05, 0) is 28.9 Å². The number of nitrogens with zero attached hydrogens (tertiary/aromatic N) is 1. The number of carbonyl (C=O) groups excluding carboxylic acids is 1. The van der Waals surface area contributed by atoms with Crippen LogP contribution in [0.3, 0.4) is 0 Å². The minimum atomic E-state index is -0.0729. The Balaban J connectivity index is 0.00000121. The predicted molar refractivity (Wildman–Crippen MR) is 56.7 cm³/mol. The molecule has 1 heterocycles. The molecule has 0 atom stereocenters. The van der Waals surface area contributed by atoms with E-state index in [0.29, 0.717) is 5.56 Å². The number of halogens is 2. The Kier molecular flexibility index (Phi) is 4.41. The van der Waals surface area contributed by atoms with Gasteiger partial charge in [-0.1, -0.05) is 0 Å². The van der Waals surface area contributed by atoms with E-state index in [2.05, 4.69) is 20.9 Å². The molecule has 0 unspecified atom stereocenters. The van der Waals surface area contributed by atoms with Crippen LogP contribution in [-0.4, -0.2) is 10.8 Å². The second kappa shape index (κ2) is 4.57. The summed E-state index contributed by atoms with van der Waals surface area (Å²) in [4.78, 5) is 14.7. The largest absolute Gasteiger partial charge is 0.383 e. The zero-order valence-electron chi connectivity index (χ0n) is 6.37. The molecule has 12 heavy (non-hydrogen) atoms. The molecule has 2 N–H and O–H groups in total. The smallest absolute Gasteiger partial charge is 0.163 e. The van der Waals surface area contributed by atoms with Crippen LogP contribution in [0.15, 0.2) is 16.7 Å². The highest BCUT2D eigenvalue weighted by molar-refractivity contribution is 9.10. The van der Waals surface area contributed by atoms with Crippen molar-refractivity contribution in [3.63, 3.8) is 0 Å². The van der Waals surface area contributed by atoms with Gasteiger partial charge in [-0.3, -0.25) is 4.79 Å². The van der Waals surface area contributed by atoms with Crippen molar-refractivity contribution in [1.29, 1.82) is 0 Å². The fourth-order valence-corrected chi connectivity index (χ4v) is 1.06. The third-order valence-electron chi connectivity index (χ3n) is 1.26. The number of nitrogen functional groups attached to an aromatic ring is 1. The Morgan fingerprint density at radius 2 is 2.25 bits per heavy atom. The van der Waals surface area contributed by atoms with E-state index in [1.54, 1.807) is 12.3 Å².